The number of imidazole rings is 2. The van der Waals surface area contributed by atoms with Crippen molar-refractivity contribution in [2.45, 2.75) is 88.8 Å². The van der Waals surface area contributed by atoms with E-state index in [1.165, 1.54) is 25.3 Å². The number of hydrogen-bond acceptors (Lipinski definition) is 17. The fourth-order valence-corrected chi connectivity index (χ4v) is 10.3. The zero-order valence-electron chi connectivity index (χ0n) is 28.5. The minimum atomic E-state index is -4.05. The van der Waals surface area contributed by atoms with E-state index in [0.29, 0.717) is 22.3 Å². The second-order valence-corrected chi connectivity index (χ2v) is 24.5. The Morgan fingerprint density at radius 1 is 0.804 bits per heavy atom. The molecule has 4 aromatic rings. The lowest BCUT2D eigenvalue weighted by Gasteiger charge is -2.41. The van der Waals surface area contributed by atoms with Gasteiger partial charge in [0, 0.05) is 5.92 Å². The highest BCUT2D eigenvalue weighted by molar-refractivity contribution is 8.07. The van der Waals surface area contributed by atoms with Gasteiger partial charge in [0.1, 0.15) is 48.1 Å². The van der Waals surface area contributed by atoms with Gasteiger partial charge in [-0.1, -0.05) is 27.7 Å². The third-order valence-corrected chi connectivity index (χ3v) is 17.5. The van der Waals surface area contributed by atoms with E-state index in [2.05, 4.69) is 63.8 Å². The van der Waals surface area contributed by atoms with Crippen LogP contribution in [0.25, 0.3) is 22.3 Å². The first-order valence-electron chi connectivity index (χ1n) is 16.0. The van der Waals surface area contributed by atoms with Gasteiger partial charge < -0.3 is 48.7 Å². The fraction of sp³-hybridized carbons (Fsp3) is 0.630. The van der Waals surface area contributed by atoms with Crippen LogP contribution in [0.3, 0.4) is 0 Å². The molecule has 7 heterocycles. The minimum Gasteiger partial charge on any atom is -0.408 e. The van der Waals surface area contributed by atoms with Gasteiger partial charge in [-0.3, -0.25) is 13.7 Å². The molecule has 0 radical (unpaired) electrons. The van der Waals surface area contributed by atoms with Crippen LogP contribution in [0.15, 0.2) is 25.3 Å². The maximum atomic E-state index is 11.7. The van der Waals surface area contributed by atoms with Gasteiger partial charge in [-0.25, -0.2) is 29.9 Å². The van der Waals surface area contributed by atoms with Gasteiger partial charge in [-0.2, -0.15) is 0 Å². The molecule has 3 fully saturated rings. The maximum absolute atomic E-state index is 11.7. The molecule has 3 aliphatic rings. The summed E-state index contributed by atoms with van der Waals surface area (Å²) >= 11 is 11.2. The van der Waals surface area contributed by atoms with Gasteiger partial charge in [0.25, 0.3) is 0 Å². The van der Waals surface area contributed by atoms with Crippen molar-refractivity contribution >= 4 is 79.3 Å². The summed E-state index contributed by atoms with van der Waals surface area (Å²) in [5.41, 5.74) is 13.5. The van der Waals surface area contributed by atoms with Crippen LogP contribution in [-0.2, 0) is 55.6 Å². The average Bonchev–Trinajstić information content (AvgIpc) is 3.80. The van der Waals surface area contributed by atoms with Gasteiger partial charge in [-0.05, 0) is 41.7 Å². The Hall–Kier alpha value is -2.14. The van der Waals surface area contributed by atoms with E-state index in [1.807, 2.05) is 6.92 Å². The predicted molar refractivity (Wildman–Crippen MR) is 193 cm³/mol. The van der Waals surface area contributed by atoms with E-state index in [0.717, 1.165) is 0 Å². The Morgan fingerprint density at radius 3 is 1.80 bits per heavy atom. The van der Waals surface area contributed by atoms with Gasteiger partial charge in [0.15, 0.2) is 43.7 Å². The summed E-state index contributed by atoms with van der Waals surface area (Å²) < 4.78 is 47.8. The molecule has 0 aromatic carbocycles. The molecule has 4 bridgehead atoms. The standard InChI is InChI=1S/C27H40N10O9P2S2Si/c1-13-14-7-40-48(39,50)45-20-19(46-51(5,6)27(2,3)4)15(43-26(20)37-12-35-17-22(29)31-10-33-24(17)37)8-41-47(38,49)44-18(13)25(42-14)36-11-34-16-21(28)30-9-32-23(16)36/h9-15,18-20,25-26H,7-8H2,1-6H3,(H,38,49)(H,39,50)(H2,28,30,32)(H2,29,31,33)/t13-,14-,15-,18-,19-,20-,25-,26-,47?,48?/m1/s1. The molecule has 0 saturated carbocycles. The number of rotatable bonds is 4. The normalized spacial score (nSPS) is 35.4. The molecule has 7 rings (SSSR count). The largest absolute Gasteiger partial charge is 0.408 e. The third-order valence-electron chi connectivity index (χ3n) is 9.86. The molecule has 0 spiro atoms. The summed E-state index contributed by atoms with van der Waals surface area (Å²) in [6.07, 6.45) is -0.884. The van der Waals surface area contributed by atoms with Crippen molar-refractivity contribution in [2.24, 2.45) is 5.92 Å². The molecule has 2 unspecified atom stereocenters. The molecule has 3 saturated heterocycles. The van der Waals surface area contributed by atoms with Crippen molar-refractivity contribution in [3.05, 3.63) is 25.3 Å². The molecule has 19 nitrogen and oxygen atoms in total. The Kier molecular flexibility index (Phi) is 9.70. The average molecular weight is 803 g/mol. The van der Waals surface area contributed by atoms with E-state index in [1.54, 1.807) is 9.13 Å². The van der Waals surface area contributed by atoms with Crippen LogP contribution in [0.4, 0.5) is 11.6 Å². The van der Waals surface area contributed by atoms with E-state index in [-0.39, 0.29) is 29.9 Å². The molecular weight excluding hydrogens is 763 g/mol. The first kappa shape index (κ1) is 37.2. The quantitative estimate of drug-likeness (QED) is 0.171. The maximum Gasteiger partial charge on any atom is 0.325 e. The fourth-order valence-electron chi connectivity index (χ4n) is 6.07. The predicted octanol–water partition coefficient (Wildman–Crippen LogP) is 2.90. The third kappa shape index (κ3) is 7.01. The van der Waals surface area contributed by atoms with Crippen LogP contribution in [0.5, 0.6) is 0 Å². The van der Waals surface area contributed by atoms with Crippen LogP contribution in [0.1, 0.15) is 40.2 Å². The summed E-state index contributed by atoms with van der Waals surface area (Å²) in [6.45, 7) is 3.65. The van der Waals surface area contributed by atoms with E-state index in [9.17, 15) is 9.79 Å². The lowest BCUT2D eigenvalue weighted by molar-refractivity contribution is -0.0610. The highest BCUT2D eigenvalue weighted by atomic mass is 32.5. The van der Waals surface area contributed by atoms with Crippen LogP contribution in [0.2, 0.25) is 18.1 Å². The molecule has 3 aliphatic heterocycles. The summed E-state index contributed by atoms with van der Waals surface area (Å²) in [7, 11) is -2.58. The molecular formula is C27H40N10O9P2S2Si. The van der Waals surface area contributed by atoms with E-state index < -0.39 is 70.6 Å². The Balaban J connectivity index is 1.28. The van der Waals surface area contributed by atoms with Crippen molar-refractivity contribution in [1.29, 1.82) is 0 Å². The van der Waals surface area contributed by atoms with Crippen LogP contribution in [0, 0.1) is 5.92 Å². The highest BCUT2D eigenvalue weighted by Crippen LogP contribution is 2.56. The van der Waals surface area contributed by atoms with Gasteiger partial charge in [0.2, 0.25) is 0 Å². The first-order chi connectivity index (χ1) is 23.9. The number of nitrogens with two attached hydrogens (primary N) is 2. The molecule has 6 N–H and O–H groups in total. The number of fused-ring (bicyclic) bond motifs is 6. The van der Waals surface area contributed by atoms with Crippen molar-refractivity contribution in [2.75, 3.05) is 24.7 Å². The SMILES string of the molecule is C[C@H]1[C@H]2OP(O)(=S)OC[C@H]3O[C@@H](n4cnc5c(N)ncnc54)[C@H](OP(O)(=S)OC[C@H]1O[C@H]2n1cnc2c(N)ncnc21)[C@@H]3O[Si](C)(C)C(C)(C)C. The summed E-state index contributed by atoms with van der Waals surface area (Å²) in [5, 5.41) is -0.245. The van der Waals surface area contributed by atoms with Gasteiger partial charge in [0.05, 0.1) is 32.0 Å². The lowest BCUT2D eigenvalue weighted by Crippen LogP contribution is -2.50. The Labute approximate surface area is 304 Å². The van der Waals surface area contributed by atoms with Crippen LogP contribution >= 0.6 is 13.4 Å². The molecule has 24 heteroatoms. The molecule has 4 aromatic heterocycles. The van der Waals surface area contributed by atoms with Crippen molar-refractivity contribution < 1.29 is 41.8 Å². The van der Waals surface area contributed by atoms with E-state index >= 15 is 0 Å². The van der Waals surface area contributed by atoms with Crippen LogP contribution < -0.4 is 11.5 Å². The minimum absolute atomic E-state index is 0.164. The second-order valence-electron chi connectivity index (χ2n) is 14.2. The Bertz CT molecular complexity index is 2050. The van der Waals surface area contributed by atoms with E-state index in [4.69, 9.17) is 67.1 Å². The number of nitrogens with zero attached hydrogens (tertiary/aromatic N) is 8. The zero-order chi connectivity index (χ0) is 36.7. The lowest BCUT2D eigenvalue weighted by atomic mass is 10.0. The zero-order valence-corrected chi connectivity index (χ0v) is 33.0. The number of nitrogen functional groups attached to an aromatic ring is 2. The Morgan fingerprint density at radius 2 is 1.27 bits per heavy atom. The molecule has 0 amide bonds. The second kappa shape index (κ2) is 13.3. The number of ether oxygens (including phenoxy) is 2. The number of hydrogen-bond donors (Lipinski definition) is 4. The topological polar surface area (TPSA) is 244 Å². The summed E-state index contributed by atoms with van der Waals surface area (Å²) in [4.78, 5) is 48.7. The number of anilines is 2. The van der Waals surface area contributed by atoms with Gasteiger partial charge >= 0.3 is 13.4 Å². The number of aromatic nitrogens is 8. The molecule has 278 valence electrons. The van der Waals surface area contributed by atoms with Gasteiger partial charge in [-0.15, -0.1) is 0 Å². The molecule has 10 atom stereocenters. The first-order valence-corrected chi connectivity index (χ1v) is 24.1. The summed E-state index contributed by atoms with van der Waals surface area (Å²) in [5.74, 6) is -0.130. The highest BCUT2D eigenvalue weighted by Gasteiger charge is 2.55. The van der Waals surface area contributed by atoms with Crippen molar-refractivity contribution in [3.8, 4) is 0 Å². The van der Waals surface area contributed by atoms with Crippen molar-refractivity contribution in [1.82, 2.24) is 39.0 Å². The van der Waals surface area contributed by atoms with Crippen LogP contribution in [-0.4, -0.2) is 101 Å². The molecule has 51 heavy (non-hydrogen) atoms. The molecule has 0 aliphatic carbocycles. The summed E-state index contributed by atoms with van der Waals surface area (Å²) in [6, 6.07) is 0. The van der Waals surface area contributed by atoms with Crippen molar-refractivity contribution in [3.63, 3.8) is 0 Å². The monoisotopic (exact) mass is 802 g/mol. The smallest absolute Gasteiger partial charge is 0.325 e.